The first-order valence-corrected chi connectivity index (χ1v) is 5.89. The van der Waals surface area contributed by atoms with Gasteiger partial charge < -0.3 is 4.74 Å². The summed E-state index contributed by atoms with van der Waals surface area (Å²) in [6, 6.07) is 0. The third kappa shape index (κ3) is 3.44. The normalized spacial score (nSPS) is 31.2. The van der Waals surface area contributed by atoms with Crippen LogP contribution in [0.25, 0.3) is 0 Å². The summed E-state index contributed by atoms with van der Waals surface area (Å²) in [4.78, 5) is 0.726. The molecule has 0 aromatic carbocycles. The maximum atomic E-state index is 5.73. The fraction of sp³-hybridized carbons (Fsp3) is 1.00. The molecule has 1 atom stereocenters. The van der Waals surface area contributed by atoms with Crippen LogP contribution in [0.15, 0.2) is 0 Å². The van der Waals surface area contributed by atoms with Crippen molar-refractivity contribution in [2.24, 2.45) is 5.92 Å². The lowest BCUT2D eigenvalue weighted by Gasteiger charge is -2.32. The molecule has 72 valence electrons. The summed E-state index contributed by atoms with van der Waals surface area (Å²) in [7, 11) is 0. The second-order valence-electron chi connectivity index (χ2n) is 3.92. The van der Waals surface area contributed by atoms with Gasteiger partial charge in [0.25, 0.3) is 0 Å². The van der Waals surface area contributed by atoms with E-state index in [0.717, 1.165) is 17.4 Å². The Hall–Kier alpha value is 0.440. The topological polar surface area (TPSA) is 9.23 Å². The van der Waals surface area contributed by atoms with Crippen LogP contribution in [-0.2, 0) is 4.74 Å². The van der Waals surface area contributed by atoms with E-state index in [1.54, 1.807) is 0 Å². The Kier molecular flexibility index (Phi) is 4.59. The Balaban J connectivity index is 1.95. The van der Waals surface area contributed by atoms with E-state index in [4.69, 9.17) is 4.74 Å². The highest BCUT2D eigenvalue weighted by Gasteiger charge is 2.27. The molecule has 0 bridgehead atoms. The van der Waals surface area contributed by atoms with Crippen molar-refractivity contribution in [2.45, 2.75) is 50.5 Å². The fourth-order valence-electron chi connectivity index (χ4n) is 1.51. The zero-order valence-electron chi connectivity index (χ0n) is 8.05. The number of halogens is 1. The number of rotatable bonds is 5. The summed E-state index contributed by atoms with van der Waals surface area (Å²) in [6.07, 6.45) is 5.53. The molecule has 0 heterocycles. The van der Waals surface area contributed by atoms with Crippen molar-refractivity contribution in [1.29, 1.82) is 0 Å². The first-order chi connectivity index (χ1) is 5.72. The lowest BCUT2D eigenvalue weighted by atomic mass is 9.95. The van der Waals surface area contributed by atoms with Crippen LogP contribution >= 0.6 is 15.9 Å². The van der Waals surface area contributed by atoms with Crippen molar-refractivity contribution in [3.63, 3.8) is 0 Å². The minimum Gasteiger partial charge on any atom is -0.378 e. The van der Waals surface area contributed by atoms with Crippen LogP contribution in [-0.4, -0.2) is 17.5 Å². The number of hydrogen-bond donors (Lipinski definition) is 0. The standard InChI is InChI=1S/C10H19BrO/c1-3-4-8(2)7-12-10-5-9(11)6-10/h8-10H,3-7H2,1-2H3. The second-order valence-corrected chi connectivity index (χ2v) is 5.21. The molecular formula is C10H19BrO. The van der Waals surface area contributed by atoms with Gasteiger partial charge in [0.15, 0.2) is 0 Å². The van der Waals surface area contributed by atoms with Crippen molar-refractivity contribution in [3.05, 3.63) is 0 Å². The molecule has 0 radical (unpaired) electrons. The van der Waals surface area contributed by atoms with Crippen molar-refractivity contribution in [3.8, 4) is 0 Å². The predicted molar refractivity (Wildman–Crippen MR) is 55.8 cm³/mol. The molecule has 1 nitrogen and oxygen atoms in total. The van der Waals surface area contributed by atoms with Crippen molar-refractivity contribution in [1.82, 2.24) is 0 Å². The molecule has 1 rings (SSSR count). The van der Waals surface area contributed by atoms with E-state index in [1.807, 2.05) is 0 Å². The zero-order chi connectivity index (χ0) is 8.97. The van der Waals surface area contributed by atoms with E-state index in [0.29, 0.717) is 6.10 Å². The molecule has 12 heavy (non-hydrogen) atoms. The van der Waals surface area contributed by atoms with Gasteiger partial charge in [-0.15, -0.1) is 0 Å². The Bertz CT molecular complexity index is 116. The van der Waals surface area contributed by atoms with Crippen LogP contribution < -0.4 is 0 Å². The van der Waals surface area contributed by atoms with Gasteiger partial charge in [0.1, 0.15) is 0 Å². The van der Waals surface area contributed by atoms with Crippen LogP contribution in [0.2, 0.25) is 0 Å². The van der Waals surface area contributed by atoms with E-state index in [2.05, 4.69) is 29.8 Å². The first-order valence-electron chi connectivity index (χ1n) is 4.98. The Morgan fingerprint density at radius 3 is 2.67 bits per heavy atom. The Labute approximate surface area is 84.0 Å². The summed E-state index contributed by atoms with van der Waals surface area (Å²) in [6.45, 7) is 5.46. The van der Waals surface area contributed by atoms with Gasteiger partial charge >= 0.3 is 0 Å². The summed E-state index contributed by atoms with van der Waals surface area (Å²) < 4.78 is 5.73. The average Bonchev–Trinajstić information content (AvgIpc) is 1.96. The smallest absolute Gasteiger partial charge is 0.0596 e. The molecule has 0 amide bonds. The van der Waals surface area contributed by atoms with Gasteiger partial charge in [-0.05, 0) is 25.2 Å². The van der Waals surface area contributed by atoms with E-state index >= 15 is 0 Å². The molecule has 0 saturated heterocycles. The maximum Gasteiger partial charge on any atom is 0.0596 e. The number of alkyl halides is 1. The highest BCUT2D eigenvalue weighted by atomic mass is 79.9. The zero-order valence-corrected chi connectivity index (χ0v) is 9.64. The summed E-state index contributed by atoms with van der Waals surface area (Å²) in [5.41, 5.74) is 0. The Morgan fingerprint density at radius 1 is 1.50 bits per heavy atom. The van der Waals surface area contributed by atoms with Gasteiger partial charge in [0, 0.05) is 11.4 Å². The van der Waals surface area contributed by atoms with Crippen molar-refractivity contribution in [2.75, 3.05) is 6.61 Å². The molecule has 1 unspecified atom stereocenters. The average molecular weight is 235 g/mol. The summed E-state index contributed by atoms with van der Waals surface area (Å²) >= 11 is 3.56. The SMILES string of the molecule is CCCC(C)COC1CC(Br)C1. The highest BCUT2D eigenvalue weighted by Crippen LogP contribution is 2.30. The molecular weight excluding hydrogens is 216 g/mol. The largest absolute Gasteiger partial charge is 0.378 e. The highest BCUT2D eigenvalue weighted by molar-refractivity contribution is 9.09. The monoisotopic (exact) mass is 234 g/mol. The fourth-order valence-corrected chi connectivity index (χ4v) is 2.35. The summed E-state index contributed by atoms with van der Waals surface area (Å²) in [5.74, 6) is 0.740. The van der Waals surface area contributed by atoms with Gasteiger partial charge in [-0.3, -0.25) is 0 Å². The number of ether oxygens (including phenoxy) is 1. The quantitative estimate of drug-likeness (QED) is 0.664. The molecule has 1 saturated carbocycles. The second kappa shape index (κ2) is 5.23. The third-order valence-electron chi connectivity index (χ3n) is 2.44. The third-order valence-corrected chi connectivity index (χ3v) is 3.18. The van der Waals surface area contributed by atoms with Gasteiger partial charge in [-0.1, -0.05) is 36.2 Å². The van der Waals surface area contributed by atoms with Gasteiger partial charge in [0.05, 0.1) is 6.10 Å². The van der Waals surface area contributed by atoms with Gasteiger partial charge in [-0.25, -0.2) is 0 Å². The molecule has 0 N–H and O–H groups in total. The van der Waals surface area contributed by atoms with E-state index < -0.39 is 0 Å². The van der Waals surface area contributed by atoms with Crippen LogP contribution in [0.4, 0.5) is 0 Å². The minimum atomic E-state index is 0.550. The lowest BCUT2D eigenvalue weighted by molar-refractivity contribution is -0.00989. The van der Waals surface area contributed by atoms with E-state index in [1.165, 1.54) is 25.7 Å². The molecule has 1 fully saturated rings. The maximum absolute atomic E-state index is 5.73. The molecule has 0 aromatic rings. The molecule has 0 aliphatic heterocycles. The van der Waals surface area contributed by atoms with Gasteiger partial charge in [-0.2, -0.15) is 0 Å². The van der Waals surface area contributed by atoms with Crippen LogP contribution in [0, 0.1) is 5.92 Å². The first kappa shape index (κ1) is 10.5. The predicted octanol–water partition coefficient (Wildman–Crippen LogP) is 3.37. The molecule has 2 heteroatoms. The van der Waals surface area contributed by atoms with Crippen molar-refractivity contribution < 1.29 is 4.74 Å². The molecule has 1 aliphatic rings. The van der Waals surface area contributed by atoms with E-state index in [9.17, 15) is 0 Å². The minimum absolute atomic E-state index is 0.550. The van der Waals surface area contributed by atoms with Gasteiger partial charge in [0.2, 0.25) is 0 Å². The summed E-state index contributed by atoms with van der Waals surface area (Å²) in [5, 5.41) is 0. The molecule has 0 spiro atoms. The van der Waals surface area contributed by atoms with E-state index in [-0.39, 0.29) is 0 Å². The van der Waals surface area contributed by atoms with Crippen LogP contribution in [0.1, 0.15) is 39.5 Å². The Morgan fingerprint density at radius 2 is 2.17 bits per heavy atom. The van der Waals surface area contributed by atoms with Crippen molar-refractivity contribution >= 4 is 15.9 Å². The molecule has 0 aromatic heterocycles. The molecule has 1 aliphatic carbocycles. The van der Waals surface area contributed by atoms with Crippen LogP contribution in [0.5, 0.6) is 0 Å². The van der Waals surface area contributed by atoms with Crippen LogP contribution in [0.3, 0.4) is 0 Å². The number of hydrogen-bond acceptors (Lipinski definition) is 1. The lowest BCUT2D eigenvalue weighted by Crippen LogP contribution is -2.32.